The Labute approximate surface area is 166 Å². The number of rotatable bonds is 8. The molecule has 1 amide bonds. The van der Waals surface area contributed by atoms with E-state index >= 15 is 0 Å². The summed E-state index contributed by atoms with van der Waals surface area (Å²) in [6.45, 7) is -0.598. The van der Waals surface area contributed by atoms with Gasteiger partial charge in [-0.2, -0.15) is 8.42 Å². The zero-order chi connectivity index (χ0) is 20.6. The lowest BCUT2D eigenvalue weighted by Gasteiger charge is -2.12. The minimum Gasteiger partial charge on any atom is -0.481 e. The van der Waals surface area contributed by atoms with Crippen molar-refractivity contribution in [1.82, 2.24) is 4.72 Å². The second kappa shape index (κ2) is 9.81. The molecule has 2 rings (SSSR count). The number of esters is 1. The summed E-state index contributed by atoms with van der Waals surface area (Å²) in [5.41, 5.74) is 0.649. The monoisotopic (exact) mass is 428 g/mol. The fourth-order valence-corrected chi connectivity index (χ4v) is 2.84. The van der Waals surface area contributed by atoms with Gasteiger partial charge < -0.3 is 14.2 Å². The third-order valence-electron chi connectivity index (χ3n) is 3.22. The van der Waals surface area contributed by atoms with Crippen molar-refractivity contribution in [2.75, 3.05) is 18.4 Å². The molecule has 0 aliphatic heterocycles. The Morgan fingerprint density at radius 1 is 1.07 bits per heavy atom. The topological polar surface area (TPSA) is 120 Å². The van der Waals surface area contributed by atoms with E-state index < -0.39 is 22.3 Å². The first-order valence-corrected chi connectivity index (χ1v) is 9.65. The van der Waals surface area contributed by atoms with Crippen LogP contribution in [0, 0.1) is 0 Å². The van der Waals surface area contributed by atoms with Gasteiger partial charge in [-0.05, 0) is 30.3 Å². The summed E-state index contributed by atoms with van der Waals surface area (Å²) in [5, 5.41) is 0.434. The maximum absolute atomic E-state index is 12.0. The predicted molar refractivity (Wildman–Crippen MR) is 101 cm³/mol. The summed E-state index contributed by atoms with van der Waals surface area (Å²) in [7, 11) is -2.97. The minimum atomic E-state index is -4.20. The molecule has 0 fully saturated rings. The first-order chi connectivity index (χ1) is 13.3. The molecule has 0 saturated heterocycles. The van der Waals surface area contributed by atoms with E-state index in [-0.39, 0.29) is 18.9 Å². The SMILES string of the molecule is COC(=O)COc1ccccc1COC(=O)NS(=O)(=O)Nc1ccc(Cl)cc1. The summed E-state index contributed by atoms with van der Waals surface area (Å²) >= 11 is 5.72. The van der Waals surface area contributed by atoms with Crippen molar-refractivity contribution in [2.45, 2.75) is 6.61 Å². The predicted octanol–water partition coefficient (Wildman–Crippen LogP) is 2.47. The second-order valence-electron chi connectivity index (χ2n) is 5.26. The van der Waals surface area contributed by atoms with Crippen molar-refractivity contribution in [3.8, 4) is 5.75 Å². The van der Waals surface area contributed by atoms with Crippen LogP contribution in [0.3, 0.4) is 0 Å². The molecule has 0 saturated carbocycles. The van der Waals surface area contributed by atoms with Crippen LogP contribution in [-0.4, -0.2) is 34.2 Å². The number of amides is 1. The molecule has 0 unspecified atom stereocenters. The van der Waals surface area contributed by atoms with Crippen LogP contribution in [-0.2, 0) is 31.1 Å². The number of methoxy groups -OCH3 is 1. The van der Waals surface area contributed by atoms with Crippen LogP contribution >= 0.6 is 11.6 Å². The van der Waals surface area contributed by atoms with Gasteiger partial charge in [-0.3, -0.25) is 4.72 Å². The van der Waals surface area contributed by atoms with E-state index in [4.69, 9.17) is 21.1 Å². The van der Waals surface area contributed by atoms with Crippen molar-refractivity contribution in [2.24, 2.45) is 0 Å². The Balaban J connectivity index is 1.91. The van der Waals surface area contributed by atoms with Crippen LogP contribution in [0.2, 0.25) is 5.02 Å². The average Bonchev–Trinajstić information content (AvgIpc) is 2.66. The van der Waals surface area contributed by atoms with Gasteiger partial charge in [-0.15, -0.1) is 0 Å². The second-order valence-corrected chi connectivity index (χ2v) is 7.11. The number of carbonyl (C=O) groups excluding carboxylic acids is 2. The number of carbonyl (C=O) groups is 2. The molecule has 0 spiro atoms. The molecule has 0 aliphatic carbocycles. The summed E-state index contributed by atoms with van der Waals surface area (Å²) in [4.78, 5) is 23.0. The normalized spacial score (nSPS) is 10.6. The van der Waals surface area contributed by atoms with Gasteiger partial charge in [-0.1, -0.05) is 29.8 Å². The summed E-state index contributed by atoms with van der Waals surface area (Å²) < 4.78 is 42.4. The van der Waals surface area contributed by atoms with Gasteiger partial charge in [0.05, 0.1) is 12.8 Å². The summed E-state index contributed by atoms with van der Waals surface area (Å²) in [6, 6.07) is 12.3. The molecule has 9 nitrogen and oxygen atoms in total. The number of anilines is 1. The van der Waals surface area contributed by atoms with Crippen molar-refractivity contribution >= 4 is 39.6 Å². The van der Waals surface area contributed by atoms with Gasteiger partial charge in [0.2, 0.25) is 0 Å². The Bertz CT molecular complexity index is 933. The maximum Gasteiger partial charge on any atom is 0.422 e. The lowest BCUT2D eigenvalue weighted by Crippen LogP contribution is -2.35. The van der Waals surface area contributed by atoms with E-state index in [0.29, 0.717) is 16.3 Å². The van der Waals surface area contributed by atoms with Crippen molar-refractivity contribution < 1.29 is 32.2 Å². The lowest BCUT2D eigenvalue weighted by molar-refractivity contribution is -0.142. The number of hydrogen-bond donors (Lipinski definition) is 2. The van der Waals surface area contributed by atoms with Crippen LogP contribution in [0.5, 0.6) is 5.75 Å². The standard InChI is InChI=1S/C17H17ClN2O7S/c1-25-16(21)11-26-15-5-3-2-4-12(15)10-27-17(22)20-28(23,24)19-14-8-6-13(18)7-9-14/h2-9,19H,10-11H2,1H3,(H,20,22). The van der Waals surface area contributed by atoms with E-state index in [2.05, 4.69) is 9.46 Å². The van der Waals surface area contributed by atoms with E-state index in [9.17, 15) is 18.0 Å². The minimum absolute atomic E-state index is 0.214. The fourth-order valence-electron chi connectivity index (χ4n) is 1.94. The average molecular weight is 429 g/mol. The molecule has 2 aromatic rings. The number of ether oxygens (including phenoxy) is 3. The summed E-state index contributed by atoms with van der Waals surface area (Å²) in [6.07, 6.45) is -1.19. The van der Waals surface area contributed by atoms with Crippen LogP contribution in [0.15, 0.2) is 48.5 Å². The quantitative estimate of drug-likeness (QED) is 0.619. The molecule has 0 heterocycles. The smallest absolute Gasteiger partial charge is 0.422 e. The highest BCUT2D eigenvalue weighted by Crippen LogP contribution is 2.19. The molecule has 28 heavy (non-hydrogen) atoms. The van der Waals surface area contributed by atoms with Gasteiger partial charge in [0.25, 0.3) is 0 Å². The van der Waals surface area contributed by atoms with Gasteiger partial charge in [0.1, 0.15) is 12.4 Å². The van der Waals surface area contributed by atoms with E-state index in [0.717, 1.165) is 0 Å². The molecule has 0 bridgehead atoms. The molecule has 0 atom stereocenters. The van der Waals surface area contributed by atoms with Crippen molar-refractivity contribution in [3.05, 3.63) is 59.1 Å². The maximum atomic E-state index is 12.0. The lowest BCUT2D eigenvalue weighted by atomic mass is 10.2. The molecule has 0 aliphatic rings. The van der Waals surface area contributed by atoms with Gasteiger partial charge in [-0.25, -0.2) is 14.3 Å². The number of halogens is 1. The van der Waals surface area contributed by atoms with E-state index in [1.165, 1.54) is 31.4 Å². The number of nitrogens with one attached hydrogen (secondary N) is 2. The van der Waals surface area contributed by atoms with Crippen LogP contribution < -0.4 is 14.2 Å². The van der Waals surface area contributed by atoms with Crippen LogP contribution in [0.4, 0.5) is 10.5 Å². The van der Waals surface area contributed by atoms with E-state index in [1.54, 1.807) is 29.0 Å². The fraction of sp³-hybridized carbons (Fsp3) is 0.176. The first kappa shape index (κ1) is 21.3. The number of benzene rings is 2. The van der Waals surface area contributed by atoms with Gasteiger partial charge >= 0.3 is 22.3 Å². The molecular weight excluding hydrogens is 412 g/mol. The third-order valence-corrected chi connectivity index (χ3v) is 4.41. The highest BCUT2D eigenvalue weighted by molar-refractivity contribution is 7.91. The highest BCUT2D eigenvalue weighted by atomic mass is 35.5. The molecule has 150 valence electrons. The van der Waals surface area contributed by atoms with E-state index in [1.807, 2.05) is 0 Å². The Hall–Kier alpha value is -2.98. The largest absolute Gasteiger partial charge is 0.481 e. The summed E-state index contributed by atoms with van der Waals surface area (Å²) in [5.74, 6) is -0.282. The Kier molecular flexibility index (Phi) is 7.47. The third kappa shape index (κ3) is 6.97. The number of hydrogen-bond acceptors (Lipinski definition) is 7. The molecule has 2 aromatic carbocycles. The molecule has 0 radical (unpaired) electrons. The zero-order valence-corrected chi connectivity index (χ0v) is 16.2. The Morgan fingerprint density at radius 3 is 2.43 bits per heavy atom. The zero-order valence-electron chi connectivity index (χ0n) is 14.7. The van der Waals surface area contributed by atoms with Gasteiger partial charge in [0.15, 0.2) is 6.61 Å². The molecular formula is C17H17ClN2O7S. The van der Waals surface area contributed by atoms with Gasteiger partial charge in [0, 0.05) is 10.6 Å². The molecule has 0 aromatic heterocycles. The number of para-hydroxylation sites is 1. The van der Waals surface area contributed by atoms with Crippen molar-refractivity contribution in [3.63, 3.8) is 0 Å². The highest BCUT2D eigenvalue weighted by Gasteiger charge is 2.16. The first-order valence-electron chi connectivity index (χ1n) is 7.79. The Morgan fingerprint density at radius 2 is 1.75 bits per heavy atom. The van der Waals surface area contributed by atoms with Crippen molar-refractivity contribution in [1.29, 1.82) is 0 Å². The van der Waals surface area contributed by atoms with Crippen LogP contribution in [0.25, 0.3) is 0 Å². The molecule has 2 N–H and O–H groups in total. The van der Waals surface area contributed by atoms with Crippen LogP contribution in [0.1, 0.15) is 5.56 Å². The molecule has 11 heteroatoms.